The minimum absolute atomic E-state index is 0.574. The largest absolute Gasteiger partial charge is 0.374 e. The normalized spacial score (nSPS) is 12.8. The van der Waals surface area contributed by atoms with Gasteiger partial charge in [-0.2, -0.15) is 0 Å². The summed E-state index contributed by atoms with van der Waals surface area (Å²) in [6.07, 6.45) is 9.20. The molecule has 162 valence electrons. The number of fused-ring (bicyclic) bond motifs is 3. The Morgan fingerprint density at radius 2 is 1.43 bits per heavy atom. The summed E-state index contributed by atoms with van der Waals surface area (Å²) < 4.78 is 1.09. The molecule has 1 unspecified atom stereocenters. The third-order valence-electron chi connectivity index (χ3n) is 6.09. The Labute approximate surface area is 190 Å². The van der Waals surface area contributed by atoms with E-state index in [1.807, 2.05) is 0 Å². The van der Waals surface area contributed by atoms with Crippen LogP contribution in [0.2, 0.25) is 0 Å². The van der Waals surface area contributed by atoms with Crippen molar-refractivity contribution >= 4 is 37.5 Å². The van der Waals surface area contributed by atoms with Gasteiger partial charge in [0.1, 0.15) is 6.23 Å². The molecule has 30 heavy (non-hydrogen) atoms. The molecule has 0 radical (unpaired) electrons. The molecule has 3 aromatic rings. The second-order valence-electron chi connectivity index (χ2n) is 8.38. The van der Waals surface area contributed by atoms with Gasteiger partial charge in [0, 0.05) is 23.1 Å². The first kappa shape index (κ1) is 23.2. The molecule has 0 aliphatic heterocycles. The fourth-order valence-electron chi connectivity index (χ4n) is 4.39. The van der Waals surface area contributed by atoms with E-state index in [1.165, 1.54) is 60.1 Å². The first-order chi connectivity index (χ1) is 14.7. The maximum absolute atomic E-state index is 11.6. The smallest absolute Gasteiger partial charge is 0.134 e. The van der Waals surface area contributed by atoms with Crippen LogP contribution in [0.15, 0.2) is 53.0 Å². The number of unbranched alkanes of at least 4 members (excludes halogenated alkanes) is 6. The van der Waals surface area contributed by atoms with Crippen LogP contribution in [0.25, 0.3) is 21.5 Å². The summed E-state index contributed by atoms with van der Waals surface area (Å²) in [6.45, 7) is 6.40. The molecule has 3 heteroatoms. The van der Waals surface area contributed by atoms with E-state index in [4.69, 9.17) is 0 Å². The fraction of sp³-hybridized carbons (Fsp3) is 0.481. The summed E-state index contributed by atoms with van der Waals surface area (Å²) in [5, 5.41) is 16.3. The predicted octanol–water partition coefficient (Wildman–Crippen LogP) is 8.21. The van der Waals surface area contributed by atoms with Crippen LogP contribution in [0.3, 0.4) is 0 Å². The van der Waals surface area contributed by atoms with Crippen molar-refractivity contribution in [1.82, 2.24) is 4.90 Å². The number of halogens is 1. The summed E-state index contributed by atoms with van der Waals surface area (Å²) in [7, 11) is 0. The van der Waals surface area contributed by atoms with E-state index in [1.54, 1.807) is 0 Å². The van der Waals surface area contributed by atoms with Crippen molar-refractivity contribution < 1.29 is 5.11 Å². The minimum atomic E-state index is -0.574. The molecule has 0 amide bonds. The highest BCUT2D eigenvalue weighted by atomic mass is 79.9. The molecule has 0 heterocycles. The molecule has 0 bridgehead atoms. The molecule has 0 spiro atoms. The van der Waals surface area contributed by atoms with Gasteiger partial charge in [0.15, 0.2) is 0 Å². The number of aliphatic hydroxyl groups is 1. The van der Waals surface area contributed by atoms with Gasteiger partial charge in [-0.25, -0.2) is 0 Å². The lowest BCUT2D eigenvalue weighted by atomic mass is 9.96. The average Bonchev–Trinajstić information content (AvgIpc) is 2.77. The van der Waals surface area contributed by atoms with Crippen molar-refractivity contribution in [2.24, 2.45) is 0 Å². The minimum Gasteiger partial charge on any atom is -0.374 e. The number of benzene rings is 3. The Hall–Kier alpha value is -1.42. The molecule has 3 rings (SSSR count). The van der Waals surface area contributed by atoms with E-state index in [2.05, 4.69) is 83.2 Å². The zero-order chi connectivity index (χ0) is 21.3. The molecule has 0 fully saturated rings. The van der Waals surface area contributed by atoms with E-state index in [0.717, 1.165) is 36.0 Å². The third-order valence-corrected chi connectivity index (χ3v) is 6.74. The van der Waals surface area contributed by atoms with Crippen LogP contribution in [0.4, 0.5) is 0 Å². The highest BCUT2D eigenvalue weighted by Gasteiger charge is 2.21. The van der Waals surface area contributed by atoms with Crippen molar-refractivity contribution in [2.45, 2.75) is 71.4 Å². The van der Waals surface area contributed by atoms with Crippen molar-refractivity contribution in [1.29, 1.82) is 0 Å². The zero-order valence-corrected chi connectivity index (χ0v) is 20.1. The van der Waals surface area contributed by atoms with Gasteiger partial charge in [0.2, 0.25) is 0 Å². The third kappa shape index (κ3) is 5.63. The monoisotopic (exact) mass is 469 g/mol. The highest BCUT2D eigenvalue weighted by molar-refractivity contribution is 9.10. The van der Waals surface area contributed by atoms with E-state index < -0.39 is 6.23 Å². The number of nitrogens with zero attached hydrogens (tertiary/aromatic N) is 1. The van der Waals surface area contributed by atoms with Crippen LogP contribution in [0.5, 0.6) is 0 Å². The Bertz CT molecular complexity index is 927. The quantitative estimate of drug-likeness (QED) is 0.164. The van der Waals surface area contributed by atoms with Crippen molar-refractivity contribution in [3.8, 4) is 0 Å². The lowest BCUT2D eigenvalue weighted by Gasteiger charge is -2.29. The van der Waals surface area contributed by atoms with Gasteiger partial charge in [-0.3, -0.25) is 4.90 Å². The van der Waals surface area contributed by atoms with Crippen molar-refractivity contribution in [3.05, 3.63) is 58.6 Å². The molecule has 0 aliphatic rings. The van der Waals surface area contributed by atoms with Gasteiger partial charge in [-0.1, -0.05) is 111 Å². The molecule has 2 nitrogen and oxygen atoms in total. The second kappa shape index (κ2) is 11.8. The van der Waals surface area contributed by atoms with Crippen LogP contribution >= 0.6 is 15.9 Å². The molecule has 0 saturated carbocycles. The van der Waals surface area contributed by atoms with E-state index in [0.29, 0.717) is 0 Å². The molecule has 0 aromatic heterocycles. The van der Waals surface area contributed by atoms with Crippen LogP contribution in [-0.2, 0) is 0 Å². The Morgan fingerprint density at radius 1 is 0.800 bits per heavy atom. The van der Waals surface area contributed by atoms with Crippen LogP contribution in [0, 0.1) is 0 Å². The van der Waals surface area contributed by atoms with Gasteiger partial charge in [-0.15, -0.1) is 0 Å². The summed E-state index contributed by atoms with van der Waals surface area (Å²) in [5.41, 5.74) is 1.02. The standard InChI is InChI=1S/C27H36BrNO/c1-3-5-7-11-18-29(19-12-8-6-4-2)27(30)24-17-13-16-23-25(28)20-21-14-9-10-15-22(21)26(23)24/h9-10,13-17,20,27,30H,3-8,11-12,18-19H2,1-2H3. The van der Waals surface area contributed by atoms with E-state index in [-0.39, 0.29) is 0 Å². The number of hydrogen-bond acceptors (Lipinski definition) is 2. The van der Waals surface area contributed by atoms with Crippen molar-refractivity contribution in [3.63, 3.8) is 0 Å². The molecular formula is C27H36BrNO. The average molecular weight is 470 g/mol. The summed E-state index contributed by atoms with van der Waals surface area (Å²) in [5.74, 6) is 0. The summed E-state index contributed by atoms with van der Waals surface area (Å²) >= 11 is 3.76. The van der Waals surface area contributed by atoms with Gasteiger partial charge in [0.25, 0.3) is 0 Å². The predicted molar refractivity (Wildman–Crippen MR) is 134 cm³/mol. The van der Waals surface area contributed by atoms with Gasteiger partial charge < -0.3 is 5.11 Å². The maximum atomic E-state index is 11.6. The molecule has 1 atom stereocenters. The second-order valence-corrected chi connectivity index (χ2v) is 9.23. The molecule has 0 saturated heterocycles. The lowest BCUT2D eigenvalue weighted by Crippen LogP contribution is -2.31. The first-order valence-corrected chi connectivity index (χ1v) is 12.5. The Balaban J connectivity index is 1.95. The summed E-state index contributed by atoms with van der Waals surface area (Å²) in [6, 6.07) is 17.0. The number of hydrogen-bond donors (Lipinski definition) is 1. The van der Waals surface area contributed by atoms with E-state index >= 15 is 0 Å². The van der Waals surface area contributed by atoms with Crippen LogP contribution in [-0.4, -0.2) is 23.1 Å². The zero-order valence-electron chi connectivity index (χ0n) is 18.5. The molecular weight excluding hydrogens is 434 g/mol. The number of aliphatic hydroxyl groups excluding tert-OH is 1. The lowest BCUT2D eigenvalue weighted by molar-refractivity contribution is 0.000507. The highest BCUT2D eigenvalue weighted by Crippen LogP contribution is 2.37. The van der Waals surface area contributed by atoms with Gasteiger partial charge >= 0.3 is 0 Å². The van der Waals surface area contributed by atoms with Gasteiger partial charge in [-0.05, 0) is 40.5 Å². The number of rotatable bonds is 12. The van der Waals surface area contributed by atoms with Crippen molar-refractivity contribution in [2.75, 3.05) is 13.1 Å². The van der Waals surface area contributed by atoms with Gasteiger partial charge in [0.05, 0.1) is 0 Å². The SMILES string of the molecule is CCCCCCN(CCCCCC)C(O)c1cccc2c(Br)cc3ccccc3c12. The first-order valence-electron chi connectivity index (χ1n) is 11.7. The van der Waals surface area contributed by atoms with E-state index in [9.17, 15) is 5.11 Å². The fourth-order valence-corrected chi connectivity index (χ4v) is 4.96. The maximum Gasteiger partial charge on any atom is 0.134 e. The molecule has 3 aromatic carbocycles. The topological polar surface area (TPSA) is 23.5 Å². The summed E-state index contributed by atoms with van der Waals surface area (Å²) in [4.78, 5) is 2.30. The van der Waals surface area contributed by atoms with Crippen LogP contribution < -0.4 is 0 Å². The molecule has 0 aliphatic carbocycles. The Kier molecular flexibility index (Phi) is 9.17. The van der Waals surface area contributed by atoms with Crippen LogP contribution in [0.1, 0.15) is 77.0 Å². The Morgan fingerprint density at radius 3 is 2.10 bits per heavy atom. The molecule has 1 N–H and O–H groups in total.